The zero-order chi connectivity index (χ0) is 19.5. The maximum Gasteiger partial charge on any atom is 0.210 e. The number of nitrogens with zero attached hydrogens (tertiary/aromatic N) is 4. The van der Waals surface area contributed by atoms with Gasteiger partial charge in [0, 0.05) is 61.8 Å². The zero-order valence-corrected chi connectivity index (χ0v) is 16.4. The van der Waals surface area contributed by atoms with Gasteiger partial charge < -0.3 is 9.64 Å². The number of benzene rings is 2. The number of piperazine rings is 1. The van der Waals surface area contributed by atoms with Gasteiger partial charge in [0.05, 0.1) is 12.8 Å². The van der Waals surface area contributed by atoms with Gasteiger partial charge >= 0.3 is 0 Å². The van der Waals surface area contributed by atoms with Crippen LogP contribution in [0.1, 0.15) is 5.56 Å². The molecule has 0 unspecified atom stereocenters. The molecule has 7 heteroatoms. The Hall–Kier alpha value is -2.57. The number of imidazole rings is 1. The van der Waals surface area contributed by atoms with Gasteiger partial charge in [0.15, 0.2) is 0 Å². The Labute approximate surface area is 168 Å². The third kappa shape index (κ3) is 3.84. The fourth-order valence-electron chi connectivity index (χ4n) is 3.50. The summed E-state index contributed by atoms with van der Waals surface area (Å²) in [5.41, 5.74) is 1.57. The molecule has 2 aromatic carbocycles. The SMILES string of the molecule is COc1cccc(-n2ccnc2N2CCN(Cc3c(F)cccc3Cl)CC2)c1. The van der Waals surface area contributed by atoms with E-state index in [2.05, 4.69) is 19.4 Å². The third-order valence-corrected chi connectivity index (χ3v) is 5.41. The van der Waals surface area contributed by atoms with Gasteiger partial charge in [0.1, 0.15) is 11.6 Å². The lowest BCUT2D eigenvalue weighted by atomic mass is 10.2. The van der Waals surface area contributed by atoms with Crippen molar-refractivity contribution in [2.75, 3.05) is 38.2 Å². The van der Waals surface area contributed by atoms with Gasteiger partial charge in [0.25, 0.3) is 0 Å². The number of hydrogen-bond acceptors (Lipinski definition) is 4. The van der Waals surface area contributed by atoms with Gasteiger partial charge in [-0.1, -0.05) is 23.7 Å². The van der Waals surface area contributed by atoms with Crippen molar-refractivity contribution in [3.8, 4) is 11.4 Å². The van der Waals surface area contributed by atoms with Crippen molar-refractivity contribution in [3.63, 3.8) is 0 Å². The van der Waals surface area contributed by atoms with Crippen molar-refractivity contribution in [1.82, 2.24) is 14.5 Å². The summed E-state index contributed by atoms with van der Waals surface area (Å²) in [6, 6.07) is 12.7. The highest BCUT2D eigenvalue weighted by Crippen LogP contribution is 2.24. The quantitative estimate of drug-likeness (QED) is 0.648. The van der Waals surface area contributed by atoms with Crippen LogP contribution in [0.2, 0.25) is 5.02 Å². The average Bonchev–Trinajstić information content (AvgIpc) is 3.21. The van der Waals surface area contributed by atoms with E-state index in [9.17, 15) is 4.39 Å². The molecule has 1 saturated heterocycles. The van der Waals surface area contributed by atoms with Crippen LogP contribution in [0.3, 0.4) is 0 Å². The van der Waals surface area contributed by atoms with E-state index in [0.29, 0.717) is 17.1 Å². The predicted molar refractivity (Wildman–Crippen MR) is 109 cm³/mol. The van der Waals surface area contributed by atoms with E-state index in [-0.39, 0.29) is 5.82 Å². The number of ether oxygens (including phenoxy) is 1. The molecule has 3 aromatic rings. The number of halogens is 2. The highest BCUT2D eigenvalue weighted by atomic mass is 35.5. The summed E-state index contributed by atoms with van der Waals surface area (Å²) in [6.07, 6.45) is 3.76. The second-order valence-corrected chi connectivity index (χ2v) is 7.17. The summed E-state index contributed by atoms with van der Waals surface area (Å²) in [5, 5.41) is 0.482. The Bertz CT molecular complexity index is 933. The molecule has 0 radical (unpaired) electrons. The van der Waals surface area contributed by atoms with Gasteiger partial charge in [-0.25, -0.2) is 9.37 Å². The van der Waals surface area contributed by atoms with Gasteiger partial charge in [0.2, 0.25) is 5.95 Å². The van der Waals surface area contributed by atoms with Gasteiger partial charge in [-0.3, -0.25) is 9.47 Å². The van der Waals surface area contributed by atoms with E-state index in [1.165, 1.54) is 6.07 Å². The largest absolute Gasteiger partial charge is 0.497 e. The van der Waals surface area contributed by atoms with E-state index in [4.69, 9.17) is 16.3 Å². The van der Waals surface area contributed by atoms with Crippen molar-refractivity contribution >= 4 is 17.5 Å². The lowest BCUT2D eigenvalue weighted by molar-refractivity contribution is 0.245. The monoisotopic (exact) mass is 400 g/mol. The molecule has 0 N–H and O–H groups in total. The summed E-state index contributed by atoms with van der Waals surface area (Å²) in [7, 11) is 1.66. The summed E-state index contributed by atoms with van der Waals surface area (Å²) < 4.78 is 21.5. The molecule has 1 aromatic heterocycles. The molecule has 0 aliphatic carbocycles. The normalized spacial score (nSPS) is 15.0. The highest BCUT2D eigenvalue weighted by Gasteiger charge is 2.22. The molecule has 0 spiro atoms. The molecule has 5 nitrogen and oxygen atoms in total. The smallest absolute Gasteiger partial charge is 0.210 e. The van der Waals surface area contributed by atoms with Crippen LogP contribution in [0.4, 0.5) is 10.3 Å². The first kappa shape index (κ1) is 18.8. The molecule has 4 rings (SSSR count). The molecular weight excluding hydrogens is 379 g/mol. The lowest BCUT2D eigenvalue weighted by Crippen LogP contribution is -2.46. The van der Waals surface area contributed by atoms with Crippen LogP contribution in [0.25, 0.3) is 5.69 Å². The second kappa shape index (κ2) is 8.20. The number of aromatic nitrogens is 2. The van der Waals surface area contributed by atoms with Crippen molar-refractivity contribution in [2.45, 2.75) is 6.54 Å². The zero-order valence-electron chi connectivity index (χ0n) is 15.7. The number of methoxy groups -OCH3 is 1. The molecular formula is C21H22ClFN4O. The van der Waals surface area contributed by atoms with Gasteiger partial charge in [-0.15, -0.1) is 0 Å². The van der Waals surface area contributed by atoms with Crippen LogP contribution in [-0.4, -0.2) is 47.7 Å². The molecule has 1 aliphatic heterocycles. The van der Waals surface area contributed by atoms with Crippen LogP contribution in [0.5, 0.6) is 5.75 Å². The van der Waals surface area contributed by atoms with Crippen molar-refractivity contribution in [1.29, 1.82) is 0 Å². The van der Waals surface area contributed by atoms with E-state index in [0.717, 1.165) is 43.6 Å². The Balaban J connectivity index is 1.46. The molecule has 1 aliphatic rings. The maximum absolute atomic E-state index is 14.1. The van der Waals surface area contributed by atoms with Crippen molar-refractivity contribution < 1.29 is 9.13 Å². The Morgan fingerprint density at radius 3 is 2.64 bits per heavy atom. The first-order chi connectivity index (χ1) is 13.7. The van der Waals surface area contributed by atoms with Gasteiger partial charge in [-0.05, 0) is 24.3 Å². The Kier molecular flexibility index (Phi) is 5.50. The first-order valence-electron chi connectivity index (χ1n) is 9.23. The number of hydrogen-bond donors (Lipinski definition) is 0. The molecule has 0 amide bonds. The predicted octanol–water partition coefficient (Wildman–Crippen LogP) is 4.00. The Morgan fingerprint density at radius 2 is 1.89 bits per heavy atom. The molecule has 0 atom stereocenters. The molecule has 146 valence electrons. The molecule has 1 fully saturated rings. The van der Waals surface area contributed by atoms with E-state index < -0.39 is 0 Å². The van der Waals surface area contributed by atoms with E-state index in [1.54, 1.807) is 25.4 Å². The summed E-state index contributed by atoms with van der Waals surface area (Å²) in [5.74, 6) is 1.46. The second-order valence-electron chi connectivity index (χ2n) is 6.76. The topological polar surface area (TPSA) is 33.5 Å². The first-order valence-corrected chi connectivity index (χ1v) is 9.61. The van der Waals surface area contributed by atoms with Crippen LogP contribution >= 0.6 is 11.6 Å². The minimum absolute atomic E-state index is 0.247. The lowest BCUT2D eigenvalue weighted by Gasteiger charge is -2.35. The molecule has 2 heterocycles. The summed E-state index contributed by atoms with van der Waals surface area (Å²) in [6.45, 7) is 3.77. The van der Waals surface area contributed by atoms with Crippen LogP contribution in [0.15, 0.2) is 54.9 Å². The maximum atomic E-state index is 14.1. The third-order valence-electron chi connectivity index (χ3n) is 5.05. The van der Waals surface area contributed by atoms with Crippen LogP contribution < -0.4 is 9.64 Å². The fourth-order valence-corrected chi connectivity index (χ4v) is 3.73. The van der Waals surface area contributed by atoms with Crippen molar-refractivity contribution in [2.24, 2.45) is 0 Å². The highest BCUT2D eigenvalue weighted by molar-refractivity contribution is 6.31. The van der Waals surface area contributed by atoms with Gasteiger partial charge in [-0.2, -0.15) is 0 Å². The minimum atomic E-state index is -0.247. The van der Waals surface area contributed by atoms with Crippen LogP contribution in [-0.2, 0) is 6.54 Å². The molecule has 28 heavy (non-hydrogen) atoms. The standard InChI is InChI=1S/C21H22ClFN4O/c1-28-17-5-2-4-16(14-17)27-9-8-24-21(27)26-12-10-25(11-13-26)15-18-19(22)6-3-7-20(18)23/h2-9,14H,10-13,15H2,1H3. The summed E-state index contributed by atoms with van der Waals surface area (Å²) >= 11 is 6.17. The average molecular weight is 401 g/mol. The number of rotatable bonds is 5. The summed E-state index contributed by atoms with van der Waals surface area (Å²) in [4.78, 5) is 9.03. The van der Waals surface area contributed by atoms with Crippen LogP contribution in [0, 0.1) is 5.82 Å². The van der Waals surface area contributed by atoms with E-state index >= 15 is 0 Å². The number of anilines is 1. The molecule has 0 saturated carbocycles. The molecule has 0 bridgehead atoms. The van der Waals surface area contributed by atoms with E-state index in [1.807, 2.05) is 30.5 Å². The minimum Gasteiger partial charge on any atom is -0.497 e. The Morgan fingerprint density at radius 1 is 1.11 bits per heavy atom. The van der Waals surface area contributed by atoms with Crippen molar-refractivity contribution in [3.05, 3.63) is 71.3 Å². The fraction of sp³-hybridized carbons (Fsp3) is 0.286.